The number of halogens is 5. The topological polar surface area (TPSA) is 88.5 Å². The van der Waals surface area contributed by atoms with Crippen LogP contribution in [-0.2, 0) is 32.5 Å². The molecular formula is C25H18Cl2F3N3O4S2. The van der Waals surface area contributed by atoms with E-state index in [1.807, 2.05) is 0 Å². The number of fused-ring (bicyclic) bond motifs is 2. The first-order valence-electron chi connectivity index (χ1n) is 11.4. The third-order valence-corrected chi connectivity index (χ3v) is 10.2. The molecule has 2 aromatic carbocycles. The van der Waals surface area contributed by atoms with Crippen molar-refractivity contribution in [1.82, 2.24) is 4.57 Å². The number of nitrogens with zero attached hydrogens (tertiary/aromatic N) is 2. The van der Waals surface area contributed by atoms with Gasteiger partial charge in [-0.25, -0.2) is 4.90 Å². The van der Waals surface area contributed by atoms with Gasteiger partial charge in [0.05, 0.1) is 32.2 Å². The molecular weight excluding hydrogens is 598 g/mol. The Morgan fingerprint density at radius 3 is 2.44 bits per heavy atom. The van der Waals surface area contributed by atoms with Gasteiger partial charge >= 0.3 is 11.0 Å². The Balaban J connectivity index is 1.46. The van der Waals surface area contributed by atoms with Gasteiger partial charge < -0.3 is 5.32 Å². The van der Waals surface area contributed by atoms with E-state index < -0.39 is 50.9 Å². The standard InChI is InChI=1S/C25H18Cl2F3N3O4S2/c1-24(2)17-18(21(36)33(20(17)35)13-5-3-4-11(8-13)25(28,29)30)38-22-19(24)39-23(37)32(22)10-16(34)31-12-6-7-14(26)15(27)9-12/h3-9,17-18H,10H2,1-2H3,(H,31,34). The first-order valence-corrected chi connectivity index (χ1v) is 13.9. The highest BCUT2D eigenvalue weighted by Crippen LogP contribution is 2.54. The third kappa shape index (κ3) is 4.77. The first kappa shape index (κ1) is 27.8. The van der Waals surface area contributed by atoms with Crippen molar-refractivity contribution in [2.45, 2.75) is 42.3 Å². The lowest BCUT2D eigenvalue weighted by Crippen LogP contribution is -2.42. The summed E-state index contributed by atoms with van der Waals surface area (Å²) in [7, 11) is 0. The van der Waals surface area contributed by atoms with Crippen molar-refractivity contribution in [2.75, 3.05) is 10.2 Å². The number of imide groups is 1. The molecule has 2 atom stereocenters. The lowest BCUT2D eigenvalue weighted by molar-refractivity contribution is -0.137. The van der Waals surface area contributed by atoms with Gasteiger partial charge in [-0.2, -0.15) is 13.2 Å². The van der Waals surface area contributed by atoms with Crippen LogP contribution < -0.4 is 15.1 Å². The highest BCUT2D eigenvalue weighted by Gasteiger charge is 2.59. The van der Waals surface area contributed by atoms with Crippen LogP contribution in [0.1, 0.15) is 24.3 Å². The Bertz CT molecular complexity index is 1600. The van der Waals surface area contributed by atoms with E-state index in [0.717, 1.165) is 46.2 Å². The molecule has 3 aromatic rings. The molecule has 0 bridgehead atoms. The van der Waals surface area contributed by atoms with E-state index in [9.17, 15) is 32.3 Å². The summed E-state index contributed by atoms with van der Waals surface area (Å²) >= 11 is 13.7. The molecule has 3 amide bonds. The molecule has 204 valence electrons. The minimum atomic E-state index is -4.65. The highest BCUT2D eigenvalue weighted by molar-refractivity contribution is 8.00. The van der Waals surface area contributed by atoms with Crippen molar-refractivity contribution in [2.24, 2.45) is 5.92 Å². The second-order valence-corrected chi connectivity index (χ2v) is 12.5. The van der Waals surface area contributed by atoms with Gasteiger partial charge in [-0.1, -0.05) is 66.2 Å². The van der Waals surface area contributed by atoms with Crippen molar-refractivity contribution in [1.29, 1.82) is 0 Å². The van der Waals surface area contributed by atoms with Crippen molar-refractivity contribution < 1.29 is 27.6 Å². The number of aromatic nitrogens is 1. The molecule has 1 aromatic heterocycles. The molecule has 0 radical (unpaired) electrons. The predicted octanol–water partition coefficient (Wildman–Crippen LogP) is 5.82. The fourth-order valence-corrected chi connectivity index (χ4v) is 8.10. The minimum absolute atomic E-state index is 0.174. The van der Waals surface area contributed by atoms with Crippen LogP contribution in [0.3, 0.4) is 0 Å². The fraction of sp³-hybridized carbons (Fsp3) is 0.280. The van der Waals surface area contributed by atoms with Crippen molar-refractivity contribution in [3.63, 3.8) is 0 Å². The maximum Gasteiger partial charge on any atom is 0.416 e. The quantitative estimate of drug-likeness (QED) is 0.374. The number of rotatable bonds is 4. The Morgan fingerprint density at radius 2 is 1.77 bits per heavy atom. The van der Waals surface area contributed by atoms with Crippen LogP contribution in [-0.4, -0.2) is 27.5 Å². The molecule has 14 heteroatoms. The maximum absolute atomic E-state index is 13.5. The van der Waals surface area contributed by atoms with Gasteiger partial charge in [0.15, 0.2) is 0 Å². The summed E-state index contributed by atoms with van der Waals surface area (Å²) in [6.45, 7) is 3.05. The predicted molar refractivity (Wildman–Crippen MR) is 144 cm³/mol. The SMILES string of the molecule is CC1(C)c2sc(=O)n(CC(=O)Nc3ccc(Cl)c(Cl)c3)c2SC2C(=O)N(c3cccc(C(F)(F)F)c3)C(=O)C21. The van der Waals surface area contributed by atoms with Crippen LogP contribution in [0.25, 0.3) is 0 Å². The van der Waals surface area contributed by atoms with E-state index in [1.54, 1.807) is 19.9 Å². The van der Waals surface area contributed by atoms with Gasteiger partial charge in [-0.05, 0) is 36.4 Å². The summed E-state index contributed by atoms with van der Waals surface area (Å²) in [5.41, 5.74) is -1.80. The van der Waals surface area contributed by atoms with E-state index in [4.69, 9.17) is 23.2 Å². The highest BCUT2D eigenvalue weighted by atomic mass is 35.5. The average molecular weight is 616 g/mol. The number of thiazole rings is 1. The zero-order chi connectivity index (χ0) is 28.4. The lowest BCUT2D eigenvalue weighted by atomic mass is 9.76. The number of hydrogen-bond donors (Lipinski definition) is 1. The van der Waals surface area contributed by atoms with Crippen LogP contribution >= 0.6 is 46.3 Å². The molecule has 5 rings (SSSR count). The van der Waals surface area contributed by atoms with E-state index in [0.29, 0.717) is 20.6 Å². The number of carbonyl (C=O) groups is 3. The average Bonchev–Trinajstić information content (AvgIpc) is 3.30. The molecule has 1 saturated heterocycles. The smallest absolute Gasteiger partial charge is 0.324 e. The van der Waals surface area contributed by atoms with E-state index in [1.165, 1.54) is 22.8 Å². The van der Waals surface area contributed by atoms with Crippen LogP contribution in [0.4, 0.5) is 24.5 Å². The summed E-state index contributed by atoms with van der Waals surface area (Å²) in [6, 6.07) is 8.56. The number of anilines is 2. The second kappa shape index (κ2) is 9.69. The van der Waals surface area contributed by atoms with Crippen LogP contribution in [0.5, 0.6) is 0 Å². The molecule has 3 heterocycles. The van der Waals surface area contributed by atoms with E-state index in [2.05, 4.69) is 5.32 Å². The summed E-state index contributed by atoms with van der Waals surface area (Å²) in [4.78, 5) is 53.6. The molecule has 2 unspecified atom stereocenters. The number of thioether (sulfide) groups is 1. The Kier molecular flexibility index (Phi) is 6.89. The molecule has 2 aliphatic heterocycles. The largest absolute Gasteiger partial charge is 0.416 e. The normalized spacial score (nSPS) is 20.1. The lowest BCUT2D eigenvalue weighted by Gasteiger charge is -2.36. The van der Waals surface area contributed by atoms with Gasteiger partial charge in [-0.15, -0.1) is 0 Å². The zero-order valence-corrected chi connectivity index (χ0v) is 23.3. The van der Waals surface area contributed by atoms with Gasteiger partial charge in [-0.3, -0.25) is 23.7 Å². The molecule has 39 heavy (non-hydrogen) atoms. The fourth-order valence-electron chi connectivity index (χ4n) is 4.76. The zero-order valence-electron chi connectivity index (χ0n) is 20.1. The van der Waals surface area contributed by atoms with Crippen LogP contribution in [0.15, 0.2) is 52.3 Å². The molecule has 0 spiro atoms. The maximum atomic E-state index is 13.5. The Labute approximate surface area is 237 Å². The summed E-state index contributed by atoms with van der Waals surface area (Å²) < 4.78 is 41.1. The number of alkyl halides is 3. The molecule has 2 aliphatic rings. The van der Waals surface area contributed by atoms with Crippen LogP contribution in [0.2, 0.25) is 10.0 Å². The number of nitrogens with one attached hydrogen (secondary N) is 1. The van der Waals surface area contributed by atoms with E-state index in [-0.39, 0.29) is 17.3 Å². The Morgan fingerprint density at radius 1 is 1.05 bits per heavy atom. The first-order chi connectivity index (χ1) is 18.2. The minimum Gasteiger partial charge on any atom is -0.324 e. The number of carbonyl (C=O) groups excluding carboxylic acids is 3. The Hall–Kier alpha value is -2.80. The van der Waals surface area contributed by atoms with Crippen molar-refractivity contribution in [3.05, 3.63) is 72.6 Å². The molecule has 0 aliphatic carbocycles. The van der Waals surface area contributed by atoms with E-state index >= 15 is 0 Å². The van der Waals surface area contributed by atoms with Crippen molar-refractivity contribution >= 4 is 75.4 Å². The van der Waals surface area contributed by atoms with Gasteiger partial charge in [0.1, 0.15) is 11.8 Å². The second-order valence-electron chi connectivity index (χ2n) is 9.56. The molecule has 1 N–H and O–H groups in total. The van der Waals surface area contributed by atoms with Gasteiger partial charge in [0.2, 0.25) is 17.7 Å². The number of benzene rings is 2. The summed E-state index contributed by atoms with van der Waals surface area (Å²) in [5, 5.41) is 2.56. The third-order valence-electron chi connectivity index (χ3n) is 6.64. The van der Waals surface area contributed by atoms with Crippen LogP contribution in [0, 0.1) is 5.92 Å². The molecule has 1 fully saturated rings. The number of hydrogen-bond acceptors (Lipinski definition) is 6. The van der Waals surface area contributed by atoms with Gasteiger partial charge in [0, 0.05) is 16.0 Å². The molecule has 0 saturated carbocycles. The molecule has 7 nitrogen and oxygen atoms in total. The summed E-state index contributed by atoms with van der Waals surface area (Å²) in [6.07, 6.45) is -4.65. The van der Waals surface area contributed by atoms with Crippen molar-refractivity contribution in [3.8, 4) is 0 Å². The number of amides is 3. The van der Waals surface area contributed by atoms with Gasteiger partial charge in [0.25, 0.3) is 0 Å². The monoisotopic (exact) mass is 615 g/mol. The summed E-state index contributed by atoms with van der Waals surface area (Å²) in [5.74, 6) is -2.78.